The van der Waals surface area contributed by atoms with Crippen molar-refractivity contribution in [2.45, 2.75) is 13.8 Å². The minimum atomic E-state index is -1.34. The number of hydrogen-bond acceptors (Lipinski definition) is 6. The number of carbonyl (C=O) groups excluding carboxylic acids is 3. The number of ether oxygens (including phenoxy) is 1. The molecule has 0 atom stereocenters. The maximum atomic E-state index is 11.3. The number of rotatable bonds is 6. The first-order valence-electron chi connectivity index (χ1n) is 6.59. The zero-order chi connectivity index (χ0) is 16.5. The van der Waals surface area contributed by atoms with E-state index in [-0.39, 0.29) is 5.56 Å². The third-order valence-corrected chi connectivity index (χ3v) is 2.46. The van der Waals surface area contributed by atoms with Gasteiger partial charge in [-0.25, -0.2) is 5.43 Å². The van der Waals surface area contributed by atoms with E-state index in [1.165, 1.54) is 24.4 Å². The Kier molecular flexibility index (Phi) is 6.55. The van der Waals surface area contributed by atoms with E-state index < -0.39 is 17.8 Å². The van der Waals surface area contributed by atoms with Gasteiger partial charge in [-0.1, -0.05) is 0 Å². The average molecular weight is 306 g/mol. The van der Waals surface area contributed by atoms with Gasteiger partial charge in [0.2, 0.25) is 0 Å². The Balaban J connectivity index is 2.87. The Bertz CT molecular complexity index is 598. The summed E-state index contributed by atoms with van der Waals surface area (Å²) in [6.45, 7) is 4.13. The van der Waals surface area contributed by atoms with Crippen LogP contribution in [0.4, 0.5) is 0 Å². The first kappa shape index (κ1) is 17.2. The molecule has 8 heteroatoms. The van der Waals surface area contributed by atoms with Gasteiger partial charge in [0.15, 0.2) is 0 Å². The van der Waals surface area contributed by atoms with Gasteiger partial charge in [0.25, 0.3) is 0 Å². The van der Waals surface area contributed by atoms with Gasteiger partial charge in [0.05, 0.1) is 18.8 Å². The van der Waals surface area contributed by atoms with Crippen molar-refractivity contribution >= 4 is 24.0 Å². The zero-order valence-electron chi connectivity index (χ0n) is 12.2. The number of nitrogens with one attached hydrogen (secondary N) is 2. The molecule has 22 heavy (non-hydrogen) atoms. The molecule has 0 fully saturated rings. The molecule has 0 aromatic heterocycles. The van der Waals surface area contributed by atoms with E-state index in [1.807, 2.05) is 5.43 Å². The highest BCUT2D eigenvalue weighted by Crippen LogP contribution is 2.18. The number of benzene rings is 1. The fraction of sp³-hybridized carbons (Fsp3) is 0.286. The summed E-state index contributed by atoms with van der Waals surface area (Å²) in [5.41, 5.74) is 2.31. The molecule has 0 aliphatic carbocycles. The smallest absolute Gasteiger partial charge is 0.329 e. The van der Waals surface area contributed by atoms with Gasteiger partial charge >= 0.3 is 11.8 Å². The first-order chi connectivity index (χ1) is 10.5. The maximum Gasteiger partial charge on any atom is 0.329 e. The predicted octanol–water partition coefficient (Wildman–Crippen LogP) is -0.965. The molecule has 118 valence electrons. The molecule has 0 spiro atoms. The van der Waals surface area contributed by atoms with Crippen LogP contribution in [-0.2, 0) is 9.59 Å². The Morgan fingerprint density at radius 3 is 2.59 bits per heavy atom. The number of carboxylic acids is 1. The van der Waals surface area contributed by atoms with Gasteiger partial charge in [-0.3, -0.25) is 9.59 Å². The summed E-state index contributed by atoms with van der Waals surface area (Å²) in [6, 6.07) is 4.09. The lowest BCUT2D eigenvalue weighted by Crippen LogP contribution is -2.37. The molecule has 0 bridgehead atoms. The number of amides is 2. The molecular weight excluding hydrogens is 290 g/mol. The molecule has 1 aromatic carbocycles. The number of hydrazone groups is 1. The van der Waals surface area contributed by atoms with Crippen molar-refractivity contribution in [2.75, 3.05) is 13.2 Å². The highest BCUT2D eigenvalue weighted by atomic mass is 16.5. The van der Waals surface area contributed by atoms with Crippen LogP contribution in [0, 0.1) is 0 Å². The monoisotopic (exact) mass is 306 g/mol. The fourth-order valence-electron chi connectivity index (χ4n) is 1.52. The van der Waals surface area contributed by atoms with Crippen LogP contribution in [-0.4, -0.2) is 37.1 Å². The lowest BCUT2D eigenvalue weighted by Gasteiger charge is -2.09. The van der Waals surface area contributed by atoms with Gasteiger partial charge in [-0.15, -0.1) is 0 Å². The second-order valence-electron chi connectivity index (χ2n) is 4.03. The molecule has 0 heterocycles. The molecule has 0 unspecified atom stereocenters. The summed E-state index contributed by atoms with van der Waals surface area (Å²) < 4.78 is 5.32. The number of aromatic carboxylic acids is 1. The van der Waals surface area contributed by atoms with Crippen LogP contribution in [0.25, 0.3) is 0 Å². The van der Waals surface area contributed by atoms with Gasteiger partial charge in [0.1, 0.15) is 5.75 Å². The molecule has 1 aromatic rings. The van der Waals surface area contributed by atoms with E-state index in [2.05, 4.69) is 10.4 Å². The average Bonchev–Trinajstić information content (AvgIpc) is 2.48. The molecule has 2 amide bonds. The summed E-state index contributed by atoms with van der Waals surface area (Å²) in [5, 5.41) is 16.8. The third kappa shape index (κ3) is 4.89. The molecule has 0 aliphatic rings. The number of hydrogen-bond donors (Lipinski definition) is 2. The van der Waals surface area contributed by atoms with E-state index in [0.717, 1.165) is 0 Å². The maximum absolute atomic E-state index is 11.3. The number of likely N-dealkylation sites (N-methyl/N-ethyl adjacent to an activating group) is 1. The number of carboxylic acid groups (broad SMARTS) is 1. The summed E-state index contributed by atoms with van der Waals surface area (Å²) in [5.74, 6) is -2.69. The molecule has 0 radical (unpaired) electrons. The van der Waals surface area contributed by atoms with Crippen LogP contribution in [0.3, 0.4) is 0 Å². The number of nitrogens with zero attached hydrogens (tertiary/aromatic N) is 1. The van der Waals surface area contributed by atoms with Gasteiger partial charge in [-0.05, 0) is 37.6 Å². The lowest BCUT2D eigenvalue weighted by atomic mass is 10.1. The standard InChI is InChI=1S/C14H17N3O5/c1-3-15-12(18)13(19)17-16-8-10-7-9(14(20)21)5-6-11(10)22-4-2/h5-8H,3-4H2,1-2H3,(H,15,18)(H,17,19)(H,20,21)/p-1/b16-8-. The molecule has 0 saturated heterocycles. The second kappa shape index (κ2) is 8.40. The van der Waals surface area contributed by atoms with Crippen molar-refractivity contribution in [1.29, 1.82) is 0 Å². The van der Waals surface area contributed by atoms with E-state index in [9.17, 15) is 19.5 Å². The van der Waals surface area contributed by atoms with E-state index in [0.29, 0.717) is 24.5 Å². The summed E-state index contributed by atoms with van der Waals surface area (Å²) in [4.78, 5) is 33.4. The van der Waals surface area contributed by atoms with Gasteiger partial charge in [0, 0.05) is 12.1 Å². The Morgan fingerprint density at radius 1 is 1.27 bits per heavy atom. The largest absolute Gasteiger partial charge is 0.545 e. The minimum Gasteiger partial charge on any atom is -0.545 e. The Labute approximate surface area is 127 Å². The quantitative estimate of drug-likeness (QED) is 0.398. The van der Waals surface area contributed by atoms with Crippen molar-refractivity contribution in [3.05, 3.63) is 29.3 Å². The number of carbonyl (C=O) groups is 3. The second-order valence-corrected chi connectivity index (χ2v) is 4.03. The Hall–Kier alpha value is -2.90. The van der Waals surface area contributed by atoms with Crippen molar-refractivity contribution in [2.24, 2.45) is 5.10 Å². The van der Waals surface area contributed by atoms with E-state index >= 15 is 0 Å². The van der Waals surface area contributed by atoms with E-state index in [4.69, 9.17) is 4.74 Å². The summed E-state index contributed by atoms with van der Waals surface area (Å²) >= 11 is 0. The topological polar surface area (TPSA) is 120 Å². The van der Waals surface area contributed by atoms with Crippen molar-refractivity contribution in [1.82, 2.24) is 10.7 Å². The molecule has 0 saturated carbocycles. The predicted molar refractivity (Wildman–Crippen MR) is 76.4 cm³/mol. The molecule has 8 nitrogen and oxygen atoms in total. The van der Waals surface area contributed by atoms with Gasteiger partial charge in [-0.2, -0.15) is 5.10 Å². The highest BCUT2D eigenvalue weighted by molar-refractivity contribution is 6.35. The first-order valence-corrected chi connectivity index (χ1v) is 6.59. The zero-order valence-corrected chi connectivity index (χ0v) is 12.2. The normalized spacial score (nSPS) is 10.3. The van der Waals surface area contributed by atoms with Crippen LogP contribution in [0.2, 0.25) is 0 Å². The van der Waals surface area contributed by atoms with Crippen LogP contribution in [0.5, 0.6) is 5.75 Å². The van der Waals surface area contributed by atoms with E-state index in [1.54, 1.807) is 13.8 Å². The van der Waals surface area contributed by atoms with Crippen LogP contribution in [0.15, 0.2) is 23.3 Å². The summed E-state index contributed by atoms with van der Waals surface area (Å²) in [6.07, 6.45) is 1.19. The van der Waals surface area contributed by atoms with Crippen molar-refractivity contribution in [3.63, 3.8) is 0 Å². The molecular formula is C14H16N3O5-. The minimum absolute atomic E-state index is 0.0556. The lowest BCUT2D eigenvalue weighted by molar-refractivity contribution is -0.255. The van der Waals surface area contributed by atoms with Crippen LogP contribution >= 0.6 is 0 Å². The molecule has 2 N–H and O–H groups in total. The van der Waals surface area contributed by atoms with Gasteiger partial charge < -0.3 is 20.0 Å². The SMILES string of the molecule is CCNC(=O)C(=O)N/N=C\c1cc(C(=O)[O-])ccc1OCC. The third-order valence-electron chi connectivity index (χ3n) is 2.46. The highest BCUT2D eigenvalue weighted by Gasteiger charge is 2.10. The fourth-order valence-corrected chi connectivity index (χ4v) is 1.52. The Morgan fingerprint density at radius 2 is 2.00 bits per heavy atom. The molecule has 0 aliphatic heterocycles. The van der Waals surface area contributed by atoms with Crippen LogP contribution < -0.4 is 20.6 Å². The van der Waals surface area contributed by atoms with Crippen molar-refractivity contribution < 1.29 is 24.2 Å². The van der Waals surface area contributed by atoms with Crippen molar-refractivity contribution in [3.8, 4) is 5.75 Å². The summed E-state index contributed by atoms with van der Waals surface area (Å²) in [7, 11) is 0. The van der Waals surface area contributed by atoms with Crippen LogP contribution in [0.1, 0.15) is 29.8 Å². The molecule has 1 rings (SSSR count).